The molecule has 0 spiro atoms. The zero-order valence-electron chi connectivity index (χ0n) is 20.4. The first-order valence-electron chi connectivity index (χ1n) is 12.4. The van der Waals surface area contributed by atoms with Gasteiger partial charge in [-0.2, -0.15) is 18.1 Å². The molecule has 0 saturated carbocycles. The molecule has 37 heavy (non-hydrogen) atoms. The number of quaternary nitrogens is 1. The van der Waals surface area contributed by atoms with Crippen LogP contribution in [0.1, 0.15) is 22.3 Å². The van der Waals surface area contributed by atoms with Crippen molar-refractivity contribution < 1.29 is 22.9 Å². The summed E-state index contributed by atoms with van der Waals surface area (Å²) in [6, 6.07) is 11.7. The Balaban J connectivity index is 1.25. The van der Waals surface area contributed by atoms with Gasteiger partial charge in [-0.3, -0.25) is 0 Å². The van der Waals surface area contributed by atoms with E-state index in [-0.39, 0.29) is 18.5 Å². The van der Waals surface area contributed by atoms with Gasteiger partial charge in [0.2, 0.25) is 0 Å². The maximum absolute atomic E-state index is 13.1. The number of fused-ring (bicyclic) bond motifs is 2. The number of nitrogens with two attached hydrogens (primary N) is 1. The number of amides is 1. The van der Waals surface area contributed by atoms with Crippen LogP contribution in [0.3, 0.4) is 0 Å². The Hall–Kier alpha value is -3.63. The summed E-state index contributed by atoms with van der Waals surface area (Å²) < 4.78 is 39.3. The minimum atomic E-state index is -4.41. The van der Waals surface area contributed by atoms with Gasteiger partial charge < -0.3 is 20.9 Å². The van der Waals surface area contributed by atoms with Crippen molar-refractivity contribution in [2.24, 2.45) is 10.7 Å². The molecule has 6 rings (SSSR count). The van der Waals surface area contributed by atoms with Crippen LogP contribution in [0.25, 0.3) is 5.57 Å². The van der Waals surface area contributed by atoms with Crippen LogP contribution in [0.5, 0.6) is 0 Å². The summed E-state index contributed by atoms with van der Waals surface area (Å²) in [5, 5.41) is 3.05. The molecule has 4 aliphatic heterocycles. The molecule has 192 valence electrons. The van der Waals surface area contributed by atoms with Gasteiger partial charge in [-0.15, -0.1) is 0 Å². The van der Waals surface area contributed by atoms with Crippen LogP contribution in [-0.2, 0) is 19.0 Å². The Kier molecular flexibility index (Phi) is 5.61. The van der Waals surface area contributed by atoms with Gasteiger partial charge in [0.1, 0.15) is 17.9 Å². The SMILES string of the molecule is CN1CC(N2C=C(c3ccc4c(c3)CC[NH+]4C(=[OH+])Cc3cccc(C(F)(F)F)c3)C3=C(N)NC=NC32)C1. The molecule has 1 amide bonds. The number of likely N-dealkylation sites (tertiary alicyclic amines) is 1. The van der Waals surface area contributed by atoms with Crippen LogP contribution >= 0.6 is 0 Å². The third-order valence-electron chi connectivity index (χ3n) is 7.66. The average Bonchev–Trinajstić information content (AvgIpc) is 3.44. The number of nitrogens with zero attached hydrogens (tertiary/aromatic N) is 3. The zero-order valence-corrected chi connectivity index (χ0v) is 20.4. The topological polar surface area (TPSA) is 82.7 Å². The van der Waals surface area contributed by atoms with Gasteiger partial charge in [-0.25, -0.2) is 9.79 Å². The summed E-state index contributed by atoms with van der Waals surface area (Å²) in [6.45, 7) is 2.59. The van der Waals surface area contributed by atoms with Crippen molar-refractivity contribution in [3.63, 3.8) is 0 Å². The molecule has 0 bridgehead atoms. The third kappa shape index (κ3) is 4.19. The van der Waals surface area contributed by atoms with Crippen molar-refractivity contribution in [1.82, 2.24) is 15.1 Å². The van der Waals surface area contributed by atoms with E-state index in [4.69, 9.17) is 5.73 Å². The van der Waals surface area contributed by atoms with Crippen molar-refractivity contribution in [1.29, 1.82) is 0 Å². The molecule has 5 N–H and O–H groups in total. The van der Waals surface area contributed by atoms with Crippen LogP contribution < -0.4 is 16.0 Å². The van der Waals surface area contributed by atoms with Gasteiger partial charge in [0, 0.05) is 48.5 Å². The van der Waals surface area contributed by atoms with Crippen LogP contribution in [0.2, 0.25) is 0 Å². The fourth-order valence-corrected chi connectivity index (χ4v) is 5.77. The van der Waals surface area contributed by atoms with Gasteiger partial charge in [-0.05, 0) is 36.4 Å². The molecule has 0 radical (unpaired) electrons. The Bertz CT molecular complexity index is 1360. The zero-order chi connectivity index (χ0) is 25.9. The Morgan fingerprint density at radius 2 is 2.03 bits per heavy atom. The van der Waals surface area contributed by atoms with E-state index in [1.54, 1.807) is 12.4 Å². The summed E-state index contributed by atoms with van der Waals surface area (Å²) >= 11 is 0. The second-order valence-electron chi connectivity index (χ2n) is 10.2. The molecule has 7 nitrogen and oxygen atoms in total. The lowest BCUT2D eigenvalue weighted by atomic mass is 9.96. The molecule has 1 fully saturated rings. The lowest BCUT2D eigenvalue weighted by Crippen LogP contribution is -3.09. The smallest absolute Gasteiger partial charge is 0.385 e. The van der Waals surface area contributed by atoms with Crippen molar-refractivity contribution in [3.8, 4) is 0 Å². The van der Waals surface area contributed by atoms with Crippen molar-refractivity contribution in [2.75, 3.05) is 26.7 Å². The van der Waals surface area contributed by atoms with Gasteiger partial charge >= 0.3 is 12.1 Å². The number of rotatable bonds is 4. The molecule has 10 heteroatoms. The van der Waals surface area contributed by atoms with E-state index in [1.807, 2.05) is 12.1 Å². The quantitative estimate of drug-likeness (QED) is 0.546. The molecule has 4 aliphatic rings. The van der Waals surface area contributed by atoms with Crippen molar-refractivity contribution in [3.05, 3.63) is 82.3 Å². The van der Waals surface area contributed by atoms with Crippen LogP contribution in [0, 0.1) is 0 Å². The maximum Gasteiger partial charge on any atom is 0.488 e. The largest absolute Gasteiger partial charge is 0.488 e. The van der Waals surface area contributed by atoms with Gasteiger partial charge in [-0.1, -0.05) is 18.2 Å². The highest BCUT2D eigenvalue weighted by Crippen LogP contribution is 2.40. The molecule has 2 unspecified atom stereocenters. The second kappa shape index (κ2) is 8.74. The van der Waals surface area contributed by atoms with E-state index >= 15 is 0 Å². The lowest BCUT2D eigenvalue weighted by Gasteiger charge is -2.44. The van der Waals surface area contributed by atoms with Crippen LogP contribution in [-0.4, -0.2) is 65.7 Å². The maximum atomic E-state index is 13.1. The van der Waals surface area contributed by atoms with Gasteiger partial charge in [0.25, 0.3) is 0 Å². The van der Waals surface area contributed by atoms with Gasteiger partial charge in [0.05, 0.1) is 24.5 Å². The molecular formula is C27H29F3N6O+2. The number of halogens is 3. The highest BCUT2D eigenvalue weighted by molar-refractivity contribution is 5.86. The van der Waals surface area contributed by atoms with Crippen molar-refractivity contribution in [2.45, 2.75) is 31.2 Å². The number of alkyl halides is 3. The first-order valence-corrected chi connectivity index (χ1v) is 12.4. The molecule has 2 aromatic carbocycles. The van der Waals surface area contributed by atoms with E-state index in [2.05, 4.69) is 39.4 Å². The van der Waals surface area contributed by atoms with E-state index in [9.17, 15) is 18.0 Å². The average molecular weight is 511 g/mol. The van der Waals surface area contributed by atoms with E-state index in [0.717, 1.165) is 64.5 Å². The number of aliphatic imine (C=N–C) groups is 1. The summed E-state index contributed by atoms with van der Waals surface area (Å²) in [5.41, 5.74) is 11.2. The predicted molar refractivity (Wildman–Crippen MR) is 135 cm³/mol. The molecule has 4 heterocycles. The van der Waals surface area contributed by atoms with Crippen LogP contribution in [0.15, 0.2) is 65.1 Å². The number of likely N-dealkylation sites (N-methyl/N-ethyl adjacent to an activating group) is 1. The van der Waals surface area contributed by atoms with Crippen molar-refractivity contribution >= 4 is 23.5 Å². The lowest BCUT2D eigenvalue weighted by molar-refractivity contribution is -0.729. The van der Waals surface area contributed by atoms with E-state index in [1.165, 1.54) is 6.07 Å². The normalized spacial score (nSPS) is 23.5. The fourth-order valence-electron chi connectivity index (χ4n) is 5.77. The number of benzene rings is 2. The summed E-state index contributed by atoms with van der Waals surface area (Å²) in [6.07, 6.45) is 0.0752. The molecule has 1 saturated heterocycles. The fraction of sp³-hybridized carbons (Fsp3) is 0.333. The Labute approximate surface area is 212 Å². The van der Waals surface area contributed by atoms with Gasteiger partial charge in [0.15, 0.2) is 6.17 Å². The minimum absolute atomic E-state index is 0.0607. The van der Waals surface area contributed by atoms with Crippen LogP contribution in [0.4, 0.5) is 18.9 Å². The second-order valence-corrected chi connectivity index (χ2v) is 10.2. The highest BCUT2D eigenvalue weighted by Gasteiger charge is 2.42. The monoisotopic (exact) mass is 510 g/mol. The Morgan fingerprint density at radius 1 is 1.22 bits per heavy atom. The molecule has 2 aromatic rings. The third-order valence-corrected chi connectivity index (χ3v) is 7.66. The van der Waals surface area contributed by atoms with E-state index in [0.29, 0.717) is 24.0 Å². The van der Waals surface area contributed by atoms with E-state index < -0.39 is 11.7 Å². The molecular weight excluding hydrogens is 481 g/mol. The first kappa shape index (κ1) is 23.7. The number of hydrogen-bond donors (Lipinski definition) is 3. The number of carbonyl (C=O) groups excluding carboxylic acids is 1. The highest BCUT2D eigenvalue weighted by atomic mass is 19.4. The summed E-state index contributed by atoms with van der Waals surface area (Å²) in [4.78, 5) is 20.9. The summed E-state index contributed by atoms with van der Waals surface area (Å²) in [5.74, 6) is 0.713. The molecule has 0 aliphatic carbocycles. The number of hydrogen-bond acceptors (Lipinski definition) is 5. The minimum Gasteiger partial charge on any atom is -0.385 e. The first-order chi connectivity index (χ1) is 17.7. The predicted octanol–water partition coefficient (Wildman–Crippen LogP) is 1.62. The molecule has 0 aromatic heterocycles. The summed E-state index contributed by atoms with van der Waals surface area (Å²) in [7, 11) is 2.10. The standard InChI is InChI=1S/C27H27F3N6O/c1-34-12-20(13-34)36-14-21(24-25(31)32-15-33-26(24)36)17-5-6-22-18(11-17)7-8-35(22)23(37)10-16-3-2-4-19(9-16)27(28,29)30/h2-6,9,11,14-15,20,26H,7-8,10,12-13,31H2,1H3,(H,32,33)/p+2. The number of nitrogens with one attached hydrogen (secondary N) is 2. The Morgan fingerprint density at radius 3 is 2.78 bits per heavy atom. The molecule has 2 atom stereocenters.